The quantitative estimate of drug-likeness (QED) is 0.852. The van der Waals surface area contributed by atoms with Gasteiger partial charge in [-0.15, -0.1) is 0 Å². The molecule has 23 heavy (non-hydrogen) atoms. The molecule has 1 aromatic heterocycles. The predicted octanol–water partition coefficient (Wildman–Crippen LogP) is 1.65. The minimum absolute atomic E-state index is 0.0228. The monoisotopic (exact) mass is 333 g/mol. The molecule has 1 aliphatic carbocycles. The maximum Gasteiger partial charge on any atom is 0.229 e. The standard InChI is InChI=1S/C15H19N5O2S/c21-13(8-11-9-23-15-17-5-1-7-20(11)15)16-6-4-12-18-14(22-19-12)10-2-3-10/h9-10H,1-8H2,(H,16,21). The van der Waals surface area contributed by atoms with Crippen molar-refractivity contribution in [2.24, 2.45) is 4.99 Å². The third kappa shape index (κ3) is 3.41. The van der Waals surface area contributed by atoms with Crippen LogP contribution in [0.15, 0.2) is 20.6 Å². The lowest BCUT2D eigenvalue weighted by Gasteiger charge is -2.25. The van der Waals surface area contributed by atoms with Crippen molar-refractivity contribution >= 4 is 22.8 Å². The predicted molar refractivity (Wildman–Crippen MR) is 86.9 cm³/mol. The molecular weight excluding hydrogens is 314 g/mol. The molecule has 0 aromatic carbocycles. The average molecular weight is 333 g/mol. The molecule has 8 heteroatoms. The number of hydrogen-bond donors (Lipinski definition) is 1. The highest BCUT2D eigenvalue weighted by Gasteiger charge is 2.29. The first-order chi connectivity index (χ1) is 11.3. The van der Waals surface area contributed by atoms with Gasteiger partial charge in [-0.2, -0.15) is 4.98 Å². The van der Waals surface area contributed by atoms with Crippen LogP contribution in [0, 0.1) is 0 Å². The minimum atomic E-state index is 0.0228. The van der Waals surface area contributed by atoms with E-state index in [-0.39, 0.29) is 5.91 Å². The van der Waals surface area contributed by atoms with Gasteiger partial charge in [-0.1, -0.05) is 16.9 Å². The molecular formula is C15H19N5O2S. The Bertz CT molecular complexity index is 665. The summed E-state index contributed by atoms with van der Waals surface area (Å²) in [5, 5.41) is 9.94. The average Bonchev–Trinajstić information content (AvgIpc) is 3.18. The molecule has 3 aliphatic rings. The van der Waals surface area contributed by atoms with Crippen LogP contribution in [0.1, 0.15) is 43.3 Å². The summed E-state index contributed by atoms with van der Waals surface area (Å²) in [5.74, 6) is 1.91. The van der Waals surface area contributed by atoms with Gasteiger partial charge in [0.25, 0.3) is 0 Å². The van der Waals surface area contributed by atoms with Crippen LogP contribution in [0.5, 0.6) is 0 Å². The maximum absolute atomic E-state index is 12.1. The van der Waals surface area contributed by atoms with Crippen LogP contribution < -0.4 is 5.32 Å². The fraction of sp³-hybridized carbons (Fsp3) is 0.600. The Balaban J connectivity index is 1.22. The van der Waals surface area contributed by atoms with Crippen LogP contribution in [0.25, 0.3) is 0 Å². The molecule has 0 saturated heterocycles. The Labute approximate surface area is 138 Å². The Morgan fingerprint density at radius 1 is 1.48 bits per heavy atom. The summed E-state index contributed by atoms with van der Waals surface area (Å²) in [6.07, 6.45) is 4.34. The van der Waals surface area contributed by atoms with Gasteiger partial charge in [-0.05, 0) is 24.7 Å². The van der Waals surface area contributed by atoms with E-state index in [1.165, 1.54) is 0 Å². The number of fused-ring (bicyclic) bond motifs is 1. The number of aromatic nitrogens is 2. The number of carbonyl (C=O) groups is 1. The summed E-state index contributed by atoms with van der Waals surface area (Å²) in [4.78, 5) is 23.1. The van der Waals surface area contributed by atoms with Gasteiger partial charge in [0.1, 0.15) is 0 Å². The SMILES string of the molecule is O=C(CC1=CSC2=NCCCN12)NCCc1noc(C2CC2)n1. The number of rotatable bonds is 6. The Hall–Kier alpha value is -1.83. The molecule has 7 nitrogen and oxygen atoms in total. The first kappa shape index (κ1) is 14.7. The summed E-state index contributed by atoms with van der Waals surface area (Å²) in [6.45, 7) is 2.38. The number of carbonyl (C=O) groups excluding carboxylic acids is 1. The molecule has 1 N–H and O–H groups in total. The van der Waals surface area contributed by atoms with E-state index >= 15 is 0 Å². The zero-order valence-corrected chi connectivity index (χ0v) is 13.6. The Morgan fingerprint density at radius 3 is 3.26 bits per heavy atom. The lowest BCUT2D eigenvalue weighted by Crippen LogP contribution is -2.33. The molecule has 0 spiro atoms. The highest BCUT2D eigenvalue weighted by molar-refractivity contribution is 8.16. The smallest absolute Gasteiger partial charge is 0.229 e. The van der Waals surface area contributed by atoms with E-state index in [0.29, 0.717) is 31.1 Å². The summed E-state index contributed by atoms with van der Waals surface area (Å²) >= 11 is 1.61. The van der Waals surface area contributed by atoms with Gasteiger partial charge in [0.05, 0.1) is 6.42 Å². The van der Waals surface area contributed by atoms with E-state index in [2.05, 4.69) is 25.3 Å². The molecule has 2 aliphatic heterocycles. The van der Waals surface area contributed by atoms with E-state index in [9.17, 15) is 4.79 Å². The van der Waals surface area contributed by atoms with Crippen molar-refractivity contribution in [3.63, 3.8) is 0 Å². The van der Waals surface area contributed by atoms with Crippen LogP contribution in [-0.4, -0.2) is 45.7 Å². The van der Waals surface area contributed by atoms with Gasteiger partial charge in [0.15, 0.2) is 11.0 Å². The van der Waals surface area contributed by atoms with Gasteiger partial charge in [-0.25, -0.2) is 0 Å². The first-order valence-electron chi connectivity index (χ1n) is 8.06. The highest BCUT2D eigenvalue weighted by Crippen LogP contribution is 2.38. The van der Waals surface area contributed by atoms with E-state index in [0.717, 1.165) is 49.1 Å². The third-order valence-electron chi connectivity index (χ3n) is 4.09. The summed E-state index contributed by atoms with van der Waals surface area (Å²) in [5.41, 5.74) is 1.04. The Kier molecular flexibility index (Phi) is 4.07. The first-order valence-corrected chi connectivity index (χ1v) is 8.94. The van der Waals surface area contributed by atoms with Crippen molar-refractivity contribution in [1.29, 1.82) is 0 Å². The lowest BCUT2D eigenvalue weighted by molar-refractivity contribution is -0.120. The van der Waals surface area contributed by atoms with Crippen LogP contribution in [-0.2, 0) is 11.2 Å². The molecule has 1 amide bonds. The summed E-state index contributed by atoms with van der Waals surface area (Å²) in [6, 6.07) is 0. The van der Waals surface area contributed by atoms with E-state index < -0.39 is 0 Å². The second kappa shape index (κ2) is 6.35. The van der Waals surface area contributed by atoms with Crippen molar-refractivity contribution in [3.05, 3.63) is 22.8 Å². The second-order valence-corrected chi connectivity index (χ2v) is 6.83. The second-order valence-electron chi connectivity index (χ2n) is 6.00. The van der Waals surface area contributed by atoms with E-state index in [4.69, 9.17) is 4.52 Å². The molecule has 0 atom stereocenters. The molecule has 1 aromatic rings. The van der Waals surface area contributed by atoms with Crippen molar-refractivity contribution in [2.75, 3.05) is 19.6 Å². The number of nitrogens with one attached hydrogen (secondary N) is 1. The molecule has 0 unspecified atom stereocenters. The zero-order chi connectivity index (χ0) is 15.6. The van der Waals surface area contributed by atoms with Gasteiger partial charge >= 0.3 is 0 Å². The van der Waals surface area contributed by atoms with Gasteiger partial charge in [-0.3, -0.25) is 9.79 Å². The zero-order valence-electron chi connectivity index (χ0n) is 12.8. The minimum Gasteiger partial charge on any atom is -0.355 e. The fourth-order valence-electron chi connectivity index (χ4n) is 2.68. The van der Waals surface area contributed by atoms with Crippen LogP contribution in [0.2, 0.25) is 0 Å². The van der Waals surface area contributed by atoms with Crippen LogP contribution in [0.4, 0.5) is 0 Å². The maximum atomic E-state index is 12.1. The molecule has 4 rings (SSSR count). The molecule has 1 fully saturated rings. The normalized spacial score (nSPS) is 20.1. The number of thioether (sulfide) groups is 1. The van der Waals surface area contributed by atoms with Crippen LogP contribution >= 0.6 is 11.8 Å². The molecule has 0 radical (unpaired) electrons. The largest absolute Gasteiger partial charge is 0.355 e. The van der Waals surface area contributed by atoms with E-state index in [1.54, 1.807) is 11.8 Å². The van der Waals surface area contributed by atoms with Crippen LogP contribution in [0.3, 0.4) is 0 Å². The van der Waals surface area contributed by atoms with Crippen molar-refractivity contribution in [2.45, 2.75) is 38.0 Å². The van der Waals surface area contributed by atoms with Crippen molar-refractivity contribution in [3.8, 4) is 0 Å². The number of aliphatic imine (C=N–C) groups is 1. The van der Waals surface area contributed by atoms with Gasteiger partial charge < -0.3 is 14.7 Å². The number of nitrogens with zero attached hydrogens (tertiary/aromatic N) is 4. The lowest BCUT2D eigenvalue weighted by atomic mass is 10.2. The van der Waals surface area contributed by atoms with Gasteiger partial charge in [0, 0.05) is 37.7 Å². The van der Waals surface area contributed by atoms with Crippen molar-refractivity contribution in [1.82, 2.24) is 20.4 Å². The summed E-state index contributed by atoms with van der Waals surface area (Å²) in [7, 11) is 0. The number of amides is 1. The topological polar surface area (TPSA) is 83.6 Å². The fourth-order valence-corrected chi connectivity index (χ4v) is 3.63. The highest BCUT2D eigenvalue weighted by atomic mass is 32.2. The molecule has 1 saturated carbocycles. The molecule has 0 bridgehead atoms. The molecule has 122 valence electrons. The Morgan fingerprint density at radius 2 is 2.39 bits per heavy atom. The van der Waals surface area contributed by atoms with Gasteiger partial charge in [0.2, 0.25) is 11.8 Å². The number of hydrogen-bond acceptors (Lipinski definition) is 7. The number of amidine groups is 1. The van der Waals surface area contributed by atoms with Crippen molar-refractivity contribution < 1.29 is 9.32 Å². The molecule has 3 heterocycles. The van der Waals surface area contributed by atoms with E-state index in [1.807, 2.05) is 5.41 Å². The third-order valence-corrected chi connectivity index (χ3v) is 5.04. The summed E-state index contributed by atoms with van der Waals surface area (Å²) < 4.78 is 5.21.